The zero-order valence-corrected chi connectivity index (χ0v) is 13.1. The molecule has 0 bridgehead atoms. The molecule has 2 rings (SSSR count). The van der Waals surface area contributed by atoms with E-state index in [1.165, 1.54) is 12.1 Å². The molecule has 0 radical (unpaired) electrons. The number of aromatic nitrogens is 1. The van der Waals surface area contributed by atoms with Crippen LogP contribution in [0.5, 0.6) is 0 Å². The van der Waals surface area contributed by atoms with Gasteiger partial charge in [-0.15, -0.1) is 0 Å². The second kappa shape index (κ2) is 6.55. The number of rotatable bonds is 5. The molecule has 1 aliphatic heterocycles. The van der Waals surface area contributed by atoms with Gasteiger partial charge in [0, 0.05) is 50.1 Å². The molecule has 1 saturated heterocycles. The number of pyridine rings is 1. The lowest BCUT2D eigenvalue weighted by Crippen LogP contribution is -2.35. The average Bonchev–Trinajstić information content (AvgIpc) is 2.85. The largest absolute Gasteiger partial charge is 0.384 e. The first kappa shape index (κ1) is 15.3. The van der Waals surface area contributed by atoms with Crippen LogP contribution in [0.15, 0.2) is 18.3 Å². The van der Waals surface area contributed by atoms with Crippen LogP contribution < -0.4 is 10.2 Å². The van der Waals surface area contributed by atoms with E-state index >= 15 is 0 Å². The summed E-state index contributed by atoms with van der Waals surface area (Å²) in [6.07, 6.45) is 3.13. The summed E-state index contributed by atoms with van der Waals surface area (Å²) in [4.78, 5) is 6.89. The van der Waals surface area contributed by atoms with Crippen molar-refractivity contribution in [2.45, 2.75) is 39.3 Å². The first-order valence-electron chi connectivity index (χ1n) is 7.42. The van der Waals surface area contributed by atoms with Crippen molar-refractivity contribution in [3.05, 3.63) is 24.0 Å². The van der Waals surface area contributed by atoms with Gasteiger partial charge in [-0.1, -0.05) is 0 Å². The molecule has 1 aromatic rings. The number of nitrogens with one attached hydrogen (secondary N) is 1. The first-order valence-corrected chi connectivity index (χ1v) is 7.42. The number of anilines is 1. The maximum atomic E-state index is 5.26. The van der Waals surface area contributed by atoms with Gasteiger partial charge in [0.2, 0.25) is 0 Å². The van der Waals surface area contributed by atoms with E-state index in [-0.39, 0.29) is 5.54 Å². The minimum atomic E-state index is 0.120. The molecule has 0 amide bonds. The fourth-order valence-electron chi connectivity index (χ4n) is 2.55. The van der Waals surface area contributed by atoms with Crippen molar-refractivity contribution >= 4 is 5.69 Å². The Labute approximate surface area is 122 Å². The molecule has 20 heavy (non-hydrogen) atoms. The lowest BCUT2D eigenvalue weighted by molar-refractivity contribution is 0.161. The SMILES string of the molecule is COCC1CCN(c2ccnc(CNC(C)(C)C)c2)C1. The summed E-state index contributed by atoms with van der Waals surface area (Å²) in [5.41, 5.74) is 2.51. The van der Waals surface area contributed by atoms with Crippen LogP contribution in [-0.4, -0.2) is 37.3 Å². The highest BCUT2D eigenvalue weighted by Gasteiger charge is 2.22. The Morgan fingerprint density at radius 2 is 2.25 bits per heavy atom. The summed E-state index contributed by atoms with van der Waals surface area (Å²) >= 11 is 0. The Morgan fingerprint density at radius 1 is 1.45 bits per heavy atom. The highest BCUT2D eigenvalue weighted by molar-refractivity contribution is 5.47. The van der Waals surface area contributed by atoms with Crippen LogP contribution >= 0.6 is 0 Å². The topological polar surface area (TPSA) is 37.4 Å². The molecular formula is C16H27N3O. The van der Waals surface area contributed by atoms with Gasteiger partial charge in [-0.3, -0.25) is 4.98 Å². The summed E-state index contributed by atoms with van der Waals surface area (Å²) in [7, 11) is 1.78. The maximum Gasteiger partial charge on any atom is 0.0562 e. The summed E-state index contributed by atoms with van der Waals surface area (Å²) in [5.74, 6) is 0.657. The molecule has 4 nitrogen and oxygen atoms in total. The molecule has 112 valence electrons. The summed E-state index contributed by atoms with van der Waals surface area (Å²) < 4.78 is 5.26. The van der Waals surface area contributed by atoms with Crippen molar-refractivity contribution in [3.8, 4) is 0 Å². The third-order valence-electron chi connectivity index (χ3n) is 3.65. The van der Waals surface area contributed by atoms with Crippen LogP contribution in [0, 0.1) is 5.92 Å². The molecule has 0 spiro atoms. The van der Waals surface area contributed by atoms with Crippen LogP contribution in [0.1, 0.15) is 32.9 Å². The molecule has 4 heteroatoms. The number of nitrogens with zero attached hydrogens (tertiary/aromatic N) is 2. The molecule has 0 aliphatic carbocycles. The first-order chi connectivity index (χ1) is 9.48. The highest BCUT2D eigenvalue weighted by atomic mass is 16.5. The van der Waals surface area contributed by atoms with Gasteiger partial charge in [-0.2, -0.15) is 0 Å². The van der Waals surface area contributed by atoms with E-state index < -0.39 is 0 Å². The Morgan fingerprint density at radius 3 is 2.95 bits per heavy atom. The molecule has 0 saturated carbocycles. The Hall–Kier alpha value is -1.13. The van der Waals surface area contributed by atoms with Crippen molar-refractivity contribution in [1.82, 2.24) is 10.3 Å². The van der Waals surface area contributed by atoms with E-state index in [0.717, 1.165) is 31.9 Å². The molecule has 0 aromatic carbocycles. The van der Waals surface area contributed by atoms with E-state index in [1.807, 2.05) is 6.20 Å². The summed E-state index contributed by atoms with van der Waals surface area (Å²) in [5, 5.41) is 3.48. The van der Waals surface area contributed by atoms with E-state index in [9.17, 15) is 0 Å². The molecule has 1 unspecified atom stereocenters. The molecule has 1 atom stereocenters. The lowest BCUT2D eigenvalue weighted by Gasteiger charge is -2.22. The number of methoxy groups -OCH3 is 1. The van der Waals surface area contributed by atoms with Crippen molar-refractivity contribution in [1.29, 1.82) is 0 Å². The number of ether oxygens (including phenoxy) is 1. The van der Waals surface area contributed by atoms with Gasteiger partial charge in [0.15, 0.2) is 0 Å². The van der Waals surface area contributed by atoms with Gasteiger partial charge in [-0.25, -0.2) is 0 Å². The second-order valence-electron chi connectivity index (χ2n) is 6.66. The van der Waals surface area contributed by atoms with Gasteiger partial charge in [0.25, 0.3) is 0 Å². The third kappa shape index (κ3) is 4.46. The molecule has 2 heterocycles. The van der Waals surface area contributed by atoms with Crippen LogP contribution in [0.3, 0.4) is 0 Å². The monoisotopic (exact) mass is 277 g/mol. The smallest absolute Gasteiger partial charge is 0.0562 e. The normalized spacial score (nSPS) is 19.6. The average molecular weight is 277 g/mol. The van der Waals surface area contributed by atoms with Gasteiger partial charge in [-0.05, 0) is 39.3 Å². The van der Waals surface area contributed by atoms with Crippen molar-refractivity contribution in [2.24, 2.45) is 5.92 Å². The van der Waals surface area contributed by atoms with Crippen LogP contribution in [0.2, 0.25) is 0 Å². The Kier molecular flexibility index (Phi) is 5.00. The summed E-state index contributed by atoms with van der Waals surface area (Å²) in [6, 6.07) is 4.31. The molecule has 1 fully saturated rings. The molecule has 1 aliphatic rings. The fourth-order valence-corrected chi connectivity index (χ4v) is 2.55. The quantitative estimate of drug-likeness (QED) is 0.897. The van der Waals surface area contributed by atoms with Crippen LogP contribution in [0.4, 0.5) is 5.69 Å². The predicted molar refractivity (Wildman–Crippen MR) is 83.0 cm³/mol. The van der Waals surface area contributed by atoms with Crippen LogP contribution in [0.25, 0.3) is 0 Å². The van der Waals surface area contributed by atoms with Gasteiger partial charge in [0.05, 0.1) is 12.3 Å². The van der Waals surface area contributed by atoms with Crippen molar-refractivity contribution < 1.29 is 4.74 Å². The Bertz CT molecular complexity index is 428. The number of hydrogen-bond acceptors (Lipinski definition) is 4. The van der Waals surface area contributed by atoms with E-state index in [0.29, 0.717) is 5.92 Å². The minimum absolute atomic E-state index is 0.120. The van der Waals surface area contributed by atoms with E-state index in [2.05, 4.69) is 48.1 Å². The zero-order valence-electron chi connectivity index (χ0n) is 13.1. The fraction of sp³-hybridized carbons (Fsp3) is 0.688. The predicted octanol–water partition coefficient (Wildman–Crippen LogP) is 2.44. The molecular weight excluding hydrogens is 250 g/mol. The second-order valence-corrected chi connectivity index (χ2v) is 6.66. The van der Waals surface area contributed by atoms with Gasteiger partial charge < -0.3 is 15.0 Å². The van der Waals surface area contributed by atoms with Gasteiger partial charge >= 0.3 is 0 Å². The highest BCUT2D eigenvalue weighted by Crippen LogP contribution is 2.24. The standard InChI is InChI=1S/C16H27N3O/c1-16(2,3)18-10-14-9-15(5-7-17-14)19-8-6-13(11-19)12-20-4/h5,7,9,13,18H,6,8,10-12H2,1-4H3. The number of hydrogen-bond donors (Lipinski definition) is 1. The van der Waals surface area contributed by atoms with E-state index in [4.69, 9.17) is 4.74 Å². The van der Waals surface area contributed by atoms with Crippen LogP contribution in [-0.2, 0) is 11.3 Å². The molecule has 1 N–H and O–H groups in total. The van der Waals surface area contributed by atoms with E-state index in [1.54, 1.807) is 7.11 Å². The minimum Gasteiger partial charge on any atom is -0.384 e. The van der Waals surface area contributed by atoms with Crippen molar-refractivity contribution in [3.63, 3.8) is 0 Å². The van der Waals surface area contributed by atoms with Crippen molar-refractivity contribution in [2.75, 3.05) is 31.7 Å². The third-order valence-corrected chi connectivity index (χ3v) is 3.65. The lowest BCUT2D eigenvalue weighted by atomic mass is 10.1. The maximum absolute atomic E-state index is 5.26. The molecule has 1 aromatic heterocycles. The van der Waals surface area contributed by atoms with Gasteiger partial charge in [0.1, 0.15) is 0 Å². The summed E-state index contributed by atoms with van der Waals surface area (Å²) in [6.45, 7) is 10.4. The Balaban J connectivity index is 1.96. The zero-order chi connectivity index (χ0) is 14.6.